The van der Waals surface area contributed by atoms with Crippen molar-refractivity contribution in [3.8, 4) is 22.3 Å². The maximum atomic E-state index is 4.93. The minimum Gasteiger partial charge on any atom is -0.168 e. The molecule has 6 aromatic carbocycles. The summed E-state index contributed by atoms with van der Waals surface area (Å²) in [5.74, 6) is 0.763. The second kappa shape index (κ2) is 23.6. The Labute approximate surface area is 345 Å². The van der Waals surface area contributed by atoms with Crippen molar-refractivity contribution >= 4 is 27.8 Å². The first-order valence-electron chi connectivity index (χ1n) is 14.5. The van der Waals surface area contributed by atoms with Crippen LogP contribution in [0.15, 0.2) is 158 Å². The zero-order valence-electron chi connectivity index (χ0n) is 27.9. The molecule has 0 aliphatic heterocycles. The number of benzene rings is 5. The van der Waals surface area contributed by atoms with Crippen molar-refractivity contribution in [1.82, 2.24) is 0 Å². The summed E-state index contributed by atoms with van der Waals surface area (Å²) in [6.45, 7) is 0. The quantitative estimate of drug-likeness (QED) is 0.154. The molecule has 0 fully saturated rings. The molecule has 6 heteroatoms. The van der Waals surface area contributed by atoms with Gasteiger partial charge in [-0.1, -0.05) is 103 Å². The first kappa shape index (κ1) is 47.1. The predicted molar refractivity (Wildman–Crippen MR) is 200 cm³/mol. The van der Waals surface area contributed by atoms with E-state index < -0.39 is 20.8 Å². The Bertz CT molecular complexity index is 1670. The third-order valence-corrected chi connectivity index (χ3v) is 8.23. The standard InChI is InChI=1S/C26H18.C9H7.C5H5.3CH3.4ClH.2Zr/c1-5-13-21-17(9-1)18-10-2-6-14-22(18)25(21)26-23-15-7-3-11-19(23)20-12-4-8-16-24(20)26;1-2-5-9-7-3-6-8(9)4-1;1-2-4-5-3-1;;;;;;;;;/h1-16,25-26H;1-7H;1-3H,4H2;3*1H3;4*1H;;/q;5*-1;;;;;+2;+3/p-4. The maximum absolute atomic E-state index is 4.93. The maximum Gasteiger partial charge on any atom is 3.00 e. The summed E-state index contributed by atoms with van der Waals surface area (Å²) in [6.07, 6.45) is 10.0. The van der Waals surface area contributed by atoms with Crippen molar-refractivity contribution in [1.29, 1.82) is 0 Å². The van der Waals surface area contributed by atoms with Crippen LogP contribution < -0.4 is 24.8 Å². The van der Waals surface area contributed by atoms with E-state index in [4.69, 9.17) is 17.0 Å². The van der Waals surface area contributed by atoms with Crippen LogP contribution in [0.2, 0.25) is 0 Å². The van der Waals surface area contributed by atoms with Crippen LogP contribution in [0.4, 0.5) is 0 Å². The van der Waals surface area contributed by atoms with Crippen LogP contribution >= 0.6 is 17.0 Å². The second-order valence-electron chi connectivity index (χ2n) is 10.5. The zero-order chi connectivity index (χ0) is 29.4. The van der Waals surface area contributed by atoms with Crippen molar-refractivity contribution in [2.45, 2.75) is 18.3 Å². The summed E-state index contributed by atoms with van der Waals surface area (Å²) in [5, 5.41) is 2.66. The summed E-state index contributed by atoms with van der Waals surface area (Å²) in [6, 6.07) is 50.5. The fourth-order valence-electron chi connectivity index (χ4n) is 6.52. The summed E-state index contributed by atoms with van der Waals surface area (Å²) < 4.78 is 0. The van der Waals surface area contributed by atoms with Crippen molar-refractivity contribution in [3.05, 3.63) is 208 Å². The van der Waals surface area contributed by atoms with E-state index in [0.29, 0.717) is 11.8 Å². The van der Waals surface area contributed by atoms with Crippen molar-refractivity contribution in [2.75, 3.05) is 0 Å². The molecule has 49 heavy (non-hydrogen) atoms. The molecule has 0 aromatic heterocycles. The molecule has 0 nitrogen and oxygen atoms in total. The van der Waals surface area contributed by atoms with Crippen molar-refractivity contribution < 1.29 is 71.9 Å². The molecule has 0 unspecified atom stereocenters. The van der Waals surface area contributed by atoms with E-state index in [1.54, 1.807) is 0 Å². The molecule has 3 aliphatic carbocycles. The molecule has 0 spiro atoms. The van der Waals surface area contributed by atoms with Gasteiger partial charge in [-0.05, 0) is 44.5 Å². The van der Waals surface area contributed by atoms with Crippen LogP contribution in [0.5, 0.6) is 0 Å². The Morgan fingerprint density at radius 2 is 0.918 bits per heavy atom. The molecule has 0 heterocycles. The van der Waals surface area contributed by atoms with Gasteiger partial charge in [0.05, 0.1) is 0 Å². The van der Waals surface area contributed by atoms with Gasteiger partial charge in [-0.3, -0.25) is 6.08 Å². The molecule has 0 atom stereocenters. The first-order chi connectivity index (χ1) is 21.3. The topological polar surface area (TPSA) is 0 Å². The van der Waals surface area contributed by atoms with Crippen molar-refractivity contribution in [3.63, 3.8) is 0 Å². The van der Waals surface area contributed by atoms with Crippen molar-refractivity contribution in [2.24, 2.45) is 0 Å². The van der Waals surface area contributed by atoms with Gasteiger partial charge in [0.15, 0.2) is 0 Å². The van der Waals surface area contributed by atoms with Gasteiger partial charge in [0, 0.05) is 11.8 Å². The smallest absolute Gasteiger partial charge is 0.168 e. The molecule has 9 rings (SSSR count). The Morgan fingerprint density at radius 3 is 1.24 bits per heavy atom. The van der Waals surface area contributed by atoms with Gasteiger partial charge in [0.25, 0.3) is 0 Å². The number of halogens is 4. The number of allylic oxidation sites excluding steroid dienone is 4. The molecule has 3 aliphatic rings. The van der Waals surface area contributed by atoms with Crippen LogP contribution in [-0.4, -0.2) is 0 Å². The average Bonchev–Trinajstić information content (AvgIpc) is 3.88. The third kappa shape index (κ3) is 10.6. The van der Waals surface area contributed by atoms with Gasteiger partial charge in [-0.2, -0.15) is 23.6 Å². The van der Waals surface area contributed by atoms with E-state index in [2.05, 4.69) is 152 Å². The van der Waals surface area contributed by atoms with Crippen LogP contribution in [0.25, 0.3) is 33.0 Å². The average molecular weight is 880 g/mol. The van der Waals surface area contributed by atoms with E-state index >= 15 is 0 Å². The fraction of sp³-hybridized carbons (Fsp3) is 0.0698. The van der Waals surface area contributed by atoms with Gasteiger partial charge in [0.1, 0.15) is 0 Å². The summed E-state index contributed by atoms with van der Waals surface area (Å²) in [4.78, 5) is 0. The molecule has 0 saturated carbocycles. The zero-order valence-corrected chi connectivity index (χ0v) is 35.8. The number of rotatable bonds is 1. The first-order valence-corrected chi connectivity index (χ1v) is 20.8. The normalized spacial score (nSPS) is 11.7. The van der Waals surface area contributed by atoms with Crippen LogP contribution in [-0.2, 0) is 47.1 Å². The van der Waals surface area contributed by atoms with E-state index in [1.165, 1.54) is 55.3 Å². The van der Waals surface area contributed by atoms with Gasteiger partial charge in [-0.25, -0.2) is 12.2 Å². The Morgan fingerprint density at radius 1 is 0.551 bits per heavy atom. The van der Waals surface area contributed by atoms with E-state index in [9.17, 15) is 0 Å². The second-order valence-corrected chi connectivity index (χ2v) is 14.3. The van der Waals surface area contributed by atoms with E-state index in [0.717, 1.165) is 6.42 Å². The number of hydrogen-bond acceptors (Lipinski definition) is 0. The van der Waals surface area contributed by atoms with Gasteiger partial charge in [0.2, 0.25) is 0 Å². The number of hydrogen-bond donors (Lipinski definition) is 0. The van der Waals surface area contributed by atoms with Crippen LogP contribution in [0, 0.1) is 28.4 Å². The SMILES string of the molecule is [C-]1=CC=CC1.[CH3-].[CH3-].[CH3-].[Cl-].[Cl-].[Cl][Zr][Cl].[Zr+3].c1ccc2[cH-]ccc2c1.c1ccc2c(c1)-c1ccccc1C2C1c2ccccc2-c2ccccc21. The molecule has 0 amide bonds. The van der Waals surface area contributed by atoms with Gasteiger partial charge in [-0.15, -0.1) is 36.1 Å². The van der Waals surface area contributed by atoms with Crippen LogP contribution in [0.1, 0.15) is 40.5 Å². The minimum absolute atomic E-state index is 0. The van der Waals surface area contributed by atoms with Gasteiger partial charge < -0.3 is 47.1 Å². The number of fused-ring (bicyclic) bond motifs is 7. The largest absolute Gasteiger partial charge is 3.00 e. The molecule has 0 N–H and O–H groups in total. The molecule has 1 radical (unpaired) electrons. The Balaban J connectivity index is 0.000000842. The molecular formula is C43H39Cl4Zr2-4. The summed E-state index contributed by atoms with van der Waals surface area (Å²) >= 11 is -0.826. The minimum atomic E-state index is -0.826. The van der Waals surface area contributed by atoms with E-state index in [-0.39, 0.29) is 73.3 Å². The predicted octanol–water partition coefficient (Wildman–Crippen LogP) is 7.21. The summed E-state index contributed by atoms with van der Waals surface area (Å²) in [5.41, 5.74) is 11.4. The Kier molecular flexibility index (Phi) is 22.7. The molecular weight excluding hydrogens is 841 g/mol. The monoisotopic (exact) mass is 875 g/mol. The molecule has 6 aromatic rings. The third-order valence-electron chi connectivity index (χ3n) is 8.23. The molecule has 0 bridgehead atoms. The Hall–Kier alpha value is -1.88. The molecule has 251 valence electrons. The summed E-state index contributed by atoms with van der Waals surface area (Å²) in [7, 11) is 9.87. The fourth-order valence-corrected chi connectivity index (χ4v) is 6.52. The van der Waals surface area contributed by atoms with E-state index in [1.807, 2.05) is 12.2 Å². The molecule has 0 saturated heterocycles. The van der Waals surface area contributed by atoms with Crippen LogP contribution in [0.3, 0.4) is 0 Å². The van der Waals surface area contributed by atoms with Gasteiger partial charge >= 0.3 is 64.1 Å².